The molecule has 2 heteroatoms. The van der Waals surface area contributed by atoms with Gasteiger partial charge in [-0.15, -0.1) is 22.7 Å². The molecule has 6 atom stereocenters. The van der Waals surface area contributed by atoms with Crippen molar-refractivity contribution in [3.8, 4) is 9.75 Å². The van der Waals surface area contributed by atoms with Crippen molar-refractivity contribution < 1.29 is 0 Å². The monoisotopic (exact) mass is 438 g/mol. The van der Waals surface area contributed by atoms with Gasteiger partial charge in [-0.05, 0) is 98.3 Å². The fraction of sp³-hybridized carbons (Fsp3) is 0.714. The summed E-state index contributed by atoms with van der Waals surface area (Å²) in [5.41, 5.74) is 0. The van der Waals surface area contributed by atoms with E-state index in [0.29, 0.717) is 0 Å². The average molecular weight is 439 g/mol. The summed E-state index contributed by atoms with van der Waals surface area (Å²) < 4.78 is 0. The Labute approximate surface area is 191 Å². The van der Waals surface area contributed by atoms with Crippen molar-refractivity contribution in [3.05, 3.63) is 34.0 Å². The van der Waals surface area contributed by atoms with Gasteiger partial charge in [-0.25, -0.2) is 0 Å². The molecule has 0 radical (unpaired) electrons. The zero-order valence-corrected chi connectivity index (χ0v) is 20.1. The fourth-order valence-corrected chi connectivity index (χ4v) is 10.1. The van der Waals surface area contributed by atoms with E-state index in [1.165, 1.54) is 89.9 Å². The van der Waals surface area contributed by atoms with Crippen LogP contribution in [0.2, 0.25) is 0 Å². The molecule has 0 aromatic carbocycles. The smallest absolute Gasteiger partial charge is 0.0445 e. The van der Waals surface area contributed by atoms with Crippen LogP contribution in [0.1, 0.15) is 111 Å². The number of hydrogen-bond donors (Lipinski definition) is 0. The quantitative estimate of drug-likeness (QED) is 0.447. The van der Waals surface area contributed by atoms with E-state index >= 15 is 0 Å². The standard InChI is InChI=1S/C28H38S2/c1-3-7-21-17-23(11-9-19(21)5-1)25-13-15-27(29-25)28-16-14-26(30-28)24-12-10-20-6-2-4-8-22(20)18-24/h13-16,19-24H,1-12,17-18H2. The molecule has 2 heterocycles. The Morgan fingerprint density at radius 1 is 0.467 bits per heavy atom. The molecule has 0 saturated heterocycles. The van der Waals surface area contributed by atoms with E-state index < -0.39 is 0 Å². The summed E-state index contributed by atoms with van der Waals surface area (Å²) >= 11 is 4.24. The molecule has 4 fully saturated rings. The normalized spacial score (nSPS) is 36.8. The van der Waals surface area contributed by atoms with Crippen LogP contribution in [0.15, 0.2) is 24.3 Å². The Bertz CT molecular complexity index is 774. The Morgan fingerprint density at radius 3 is 1.37 bits per heavy atom. The molecule has 2 aromatic heterocycles. The summed E-state index contributed by atoms with van der Waals surface area (Å²) in [5.74, 6) is 5.90. The molecule has 0 aliphatic heterocycles. The van der Waals surface area contributed by atoms with E-state index in [1.807, 2.05) is 0 Å². The first-order valence-corrected chi connectivity index (χ1v) is 14.7. The molecule has 4 aliphatic carbocycles. The minimum absolute atomic E-state index is 0.851. The van der Waals surface area contributed by atoms with Crippen LogP contribution >= 0.6 is 22.7 Å². The largest absolute Gasteiger partial charge is 0.139 e. The highest BCUT2D eigenvalue weighted by Gasteiger charge is 2.34. The maximum atomic E-state index is 2.49. The first-order valence-electron chi connectivity index (χ1n) is 13.0. The van der Waals surface area contributed by atoms with Crippen molar-refractivity contribution in [1.29, 1.82) is 0 Å². The van der Waals surface area contributed by atoms with Gasteiger partial charge in [0.2, 0.25) is 0 Å². The van der Waals surface area contributed by atoms with Gasteiger partial charge < -0.3 is 0 Å². The van der Waals surface area contributed by atoms with Crippen LogP contribution < -0.4 is 0 Å². The Morgan fingerprint density at radius 2 is 0.900 bits per heavy atom. The van der Waals surface area contributed by atoms with Crippen LogP contribution in [0.5, 0.6) is 0 Å². The van der Waals surface area contributed by atoms with E-state index in [4.69, 9.17) is 0 Å². The second-order valence-electron chi connectivity index (χ2n) is 11.0. The van der Waals surface area contributed by atoms with Gasteiger partial charge in [0.15, 0.2) is 0 Å². The molecule has 30 heavy (non-hydrogen) atoms. The molecule has 4 aliphatic rings. The van der Waals surface area contributed by atoms with E-state index in [1.54, 1.807) is 19.5 Å². The van der Waals surface area contributed by atoms with Crippen LogP contribution in [0.4, 0.5) is 0 Å². The van der Waals surface area contributed by atoms with Crippen LogP contribution in [-0.4, -0.2) is 0 Å². The molecule has 0 spiro atoms. The van der Waals surface area contributed by atoms with Crippen molar-refractivity contribution in [2.45, 2.75) is 102 Å². The third-order valence-electron chi connectivity index (χ3n) is 9.38. The summed E-state index contributed by atoms with van der Waals surface area (Å²) in [6.07, 6.45) is 20.9. The Kier molecular flexibility index (Phi) is 5.84. The zero-order valence-electron chi connectivity index (χ0n) is 18.5. The molecule has 0 bridgehead atoms. The van der Waals surface area contributed by atoms with E-state index in [2.05, 4.69) is 46.9 Å². The average Bonchev–Trinajstić information content (AvgIpc) is 3.48. The van der Waals surface area contributed by atoms with Crippen molar-refractivity contribution in [3.63, 3.8) is 0 Å². The van der Waals surface area contributed by atoms with Gasteiger partial charge in [0, 0.05) is 19.5 Å². The molecule has 4 saturated carbocycles. The SMILES string of the molecule is c1cc(C2CCC3CCCCC3C2)sc1-c1ccc(C2CCC3CCCCC3C2)s1. The molecule has 6 unspecified atom stereocenters. The van der Waals surface area contributed by atoms with Gasteiger partial charge in [0.1, 0.15) is 0 Å². The number of fused-ring (bicyclic) bond motifs is 2. The number of hydrogen-bond acceptors (Lipinski definition) is 2. The molecule has 162 valence electrons. The van der Waals surface area contributed by atoms with Crippen molar-refractivity contribution in [1.82, 2.24) is 0 Å². The lowest BCUT2D eigenvalue weighted by atomic mass is 9.67. The lowest BCUT2D eigenvalue weighted by Crippen LogP contribution is -2.26. The summed E-state index contributed by atoms with van der Waals surface area (Å²) in [5, 5.41) is 0. The lowest BCUT2D eigenvalue weighted by Gasteiger charge is -2.39. The molecule has 0 amide bonds. The topological polar surface area (TPSA) is 0 Å². The number of rotatable bonds is 3. The zero-order chi connectivity index (χ0) is 19.9. The Balaban J connectivity index is 1.13. The third kappa shape index (κ3) is 3.96. The predicted octanol–water partition coefficient (Wildman–Crippen LogP) is 9.62. The Hall–Kier alpha value is -0.600. The van der Waals surface area contributed by atoms with Gasteiger partial charge in [-0.3, -0.25) is 0 Å². The molecule has 0 nitrogen and oxygen atoms in total. The summed E-state index contributed by atoms with van der Waals surface area (Å²) in [6, 6.07) is 9.86. The van der Waals surface area contributed by atoms with Crippen LogP contribution in [0.25, 0.3) is 9.75 Å². The van der Waals surface area contributed by atoms with Crippen LogP contribution in [-0.2, 0) is 0 Å². The molecular weight excluding hydrogens is 400 g/mol. The fourth-order valence-electron chi connectivity index (χ4n) is 7.67. The van der Waals surface area contributed by atoms with Crippen molar-refractivity contribution in [2.24, 2.45) is 23.7 Å². The minimum Gasteiger partial charge on any atom is -0.139 e. The van der Waals surface area contributed by atoms with E-state index in [-0.39, 0.29) is 0 Å². The van der Waals surface area contributed by atoms with Gasteiger partial charge >= 0.3 is 0 Å². The maximum absolute atomic E-state index is 2.49. The molecular formula is C28H38S2. The van der Waals surface area contributed by atoms with Crippen LogP contribution in [0.3, 0.4) is 0 Å². The first-order chi connectivity index (χ1) is 14.8. The highest BCUT2D eigenvalue weighted by molar-refractivity contribution is 7.22. The maximum Gasteiger partial charge on any atom is 0.0445 e. The van der Waals surface area contributed by atoms with Gasteiger partial charge in [-0.1, -0.05) is 51.4 Å². The van der Waals surface area contributed by atoms with Crippen molar-refractivity contribution >= 4 is 22.7 Å². The van der Waals surface area contributed by atoms with E-state index in [9.17, 15) is 0 Å². The highest BCUT2D eigenvalue weighted by atomic mass is 32.1. The van der Waals surface area contributed by atoms with Crippen LogP contribution in [0, 0.1) is 23.7 Å². The van der Waals surface area contributed by atoms with E-state index in [0.717, 1.165) is 35.5 Å². The van der Waals surface area contributed by atoms with Gasteiger partial charge in [0.05, 0.1) is 0 Å². The van der Waals surface area contributed by atoms with Crippen molar-refractivity contribution in [2.75, 3.05) is 0 Å². The second-order valence-corrected chi connectivity index (χ2v) is 13.3. The molecule has 0 N–H and O–H groups in total. The summed E-state index contributed by atoms with van der Waals surface area (Å²) in [6.45, 7) is 0. The van der Waals surface area contributed by atoms with Gasteiger partial charge in [0.25, 0.3) is 0 Å². The molecule has 6 rings (SSSR count). The first kappa shape index (κ1) is 20.0. The summed E-state index contributed by atoms with van der Waals surface area (Å²) in [4.78, 5) is 6.45. The highest BCUT2D eigenvalue weighted by Crippen LogP contribution is 2.50. The van der Waals surface area contributed by atoms with Gasteiger partial charge in [-0.2, -0.15) is 0 Å². The summed E-state index contributed by atoms with van der Waals surface area (Å²) in [7, 11) is 0. The predicted molar refractivity (Wildman–Crippen MR) is 132 cm³/mol. The minimum atomic E-state index is 0.851. The molecule has 2 aromatic rings. The third-order valence-corrected chi connectivity index (χ3v) is 12.1. The lowest BCUT2D eigenvalue weighted by molar-refractivity contribution is 0.156. The number of thiophene rings is 2. The second kappa shape index (κ2) is 8.74.